The van der Waals surface area contributed by atoms with E-state index in [9.17, 15) is 0 Å². The minimum absolute atomic E-state index is 0.125. The molecule has 1 rings (SSSR count). The number of methoxy groups -OCH3 is 2. The van der Waals surface area contributed by atoms with Crippen molar-refractivity contribution in [1.29, 1.82) is 0 Å². The van der Waals surface area contributed by atoms with E-state index in [-0.39, 0.29) is 12.3 Å². The van der Waals surface area contributed by atoms with E-state index >= 15 is 0 Å². The first-order valence-corrected chi connectivity index (χ1v) is 6.09. The lowest BCUT2D eigenvalue weighted by Crippen LogP contribution is -2.41. The third-order valence-corrected chi connectivity index (χ3v) is 3.73. The first kappa shape index (κ1) is 13.6. The van der Waals surface area contributed by atoms with Gasteiger partial charge in [0.15, 0.2) is 6.29 Å². The summed E-state index contributed by atoms with van der Waals surface area (Å²) in [5, 5.41) is 4.32. The third kappa shape index (κ3) is 3.25. The Kier molecular flexibility index (Phi) is 5.34. The first-order chi connectivity index (χ1) is 7.62. The largest absolute Gasteiger partial charge is 0.354 e. The lowest BCUT2D eigenvalue weighted by atomic mass is 10.2. The molecule has 0 saturated heterocycles. The number of nitrogens with one attached hydrogen (secondary N) is 1. The molecule has 0 saturated carbocycles. The first-order valence-electron chi connectivity index (χ1n) is 5.28. The van der Waals surface area contributed by atoms with Gasteiger partial charge in [-0.25, -0.2) is 4.98 Å². The van der Waals surface area contributed by atoms with Crippen LogP contribution >= 0.6 is 11.3 Å². The van der Waals surface area contributed by atoms with Crippen molar-refractivity contribution in [1.82, 2.24) is 10.3 Å². The Hall–Kier alpha value is -0.490. The molecule has 1 N–H and O–H groups in total. The summed E-state index contributed by atoms with van der Waals surface area (Å²) in [5.74, 6) is 0. The molecule has 0 spiro atoms. The quantitative estimate of drug-likeness (QED) is 0.770. The summed E-state index contributed by atoms with van der Waals surface area (Å²) in [6.07, 6.45) is 0.580. The molecule has 4 nitrogen and oxygen atoms in total. The molecule has 0 amide bonds. The van der Waals surface area contributed by atoms with Gasteiger partial charge in [0.1, 0.15) is 0 Å². The van der Waals surface area contributed by atoms with Crippen molar-refractivity contribution in [3.8, 4) is 0 Å². The predicted octanol–water partition coefficient (Wildman–Crippen LogP) is 1.51. The van der Waals surface area contributed by atoms with Gasteiger partial charge in [0.05, 0.1) is 16.7 Å². The normalized spacial score (nSPS) is 13.4. The second kappa shape index (κ2) is 6.30. The van der Waals surface area contributed by atoms with Gasteiger partial charge in [-0.2, -0.15) is 0 Å². The summed E-state index contributed by atoms with van der Waals surface area (Å²) in [7, 11) is 5.21. The van der Waals surface area contributed by atoms with E-state index in [1.807, 2.05) is 14.0 Å². The molecule has 1 aromatic heterocycles. The van der Waals surface area contributed by atoms with Gasteiger partial charge in [0.25, 0.3) is 0 Å². The van der Waals surface area contributed by atoms with Crippen LogP contribution in [-0.2, 0) is 15.9 Å². The zero-order valence-corrected chi connectivity index (χ0v) is 11.4. The van der Waals surface area contributed by atoms with Gasteiger partial charge >= 0.3 is 0 Å². The Labute approximate surface area is 101 Å². The Morgan fingerprint density at radius 1 is 1.31 bits per heavy atom. The van der Waals surface area contributed by atoms with Crippen molar-refractivity contribution in [3.63, 3.8) is 0 Å². The molecule has 92 valence electrons. The zero-order chi connectivity index (χ0) is 12.1. The lowest BCUT2D eigenvalue weighted by molar-refractivity contribution is -0.121. The van der Waals surface area contributed by atoms with E-state index < -0.39 is 0 Å². The standard InChI is InChI=1S/C11H20N2O2S/c1-7-8(2)16-10(13-7)6-9(12-3)11(14-4)15-5/h9,11-12H,6H2,1-5H3. The van der Waals surface area contributed by atoms with Crippen LogP contribution in [0.1, 0.15) is 15.6 Å². The van der Waals surface area contributed by atoms with E-state index in [0.29, 0.717) is 0 Å². The van der Waals surface area contributed by atoms with E-state index in [0.717, 1.165) is 17.1 Å². The van der Waals surface area contributed by atoms with Crippen molar-refractivity contribution >= 4 is 11.3 Å². The molecule has 0 fully saturated rings. The highest BCUT2D eigenvalue weighted by Crippen LogP contribution is 2.19. The fourth-order valence-corrected chi connectivity index (χ4v) is 2.57. The Bertz CT molecular complexity index is 304. The summed E-state index contributed by atoms with van der Waals surface area (Å²) >= 11 is 1.73. The lowest BCUT2D eigenvalue weighted by Gasteiger charge is -2.23. The molecule has 0 aromatic carbocycles. The minimum atomic E-state index is -0.241. The smallest absolute Gasteiger partial charge is 0.172 e. The number of ether oxygens (including phenoxy) is 2. The average molecular weight is 244 g/mol. The molecule has 16 heavy (non-hydrogen) atoms. The summed E-state index contributed by atoms with van der Waals surface area (Å²) < 4.78 is 10.5. The molecule has 1 unspecified atom stereocenters. The van der Waals surface area contributed by atoms with Crippen LogP contribution in [0.2, 0.25) is 0 Å². The highest BCUT2D eigenvalue weighted by molar-refractivity contribution is 7.11. The van der Waals surface area contributed by atoms with Crippen molar-refractivity contribution in [2.75, 3.05) is 21.3 Å². The van der Waals surface area contributed by atoms with Gasteiger partial charge in [-0.05, 0) is 20.9 Å². The van der Waals surface area contributed by atoms with Gasteiger partial charge in [-0.1, -0.05) is 0 Å². The van der Waals surface area contributed by atoms with Gasteiger partial charge in [0, 0.05) is 25.5 Å². The number of aromatic nitrogens is 1. The molecular weight excluding hydrogens is 224 g/mol. The number of rotatable bonds is 6. The monoisotopic (exact) mass is 244 g/mol. The third-order valence-electron chi connectivity index (χ3n) is 2.63. The second-order valence-electron chi connectivity index (χ2n) is 3.69. The van der Waals surface area contributed by atoms with E-state index in [4.69, 9.17) is 9.47 Å². The summed E-state index contributed by atoms with van der Waals surface area (Å²) in [5.41, 5.74) is 1.11. The molecule has 0 aliphatic carbocycles. The molecule has 1 atom stereocenters. The van der Waals surface area contributed by atoms with Crippen molar-refractivity contribution < 1.29 is 9.47 Å². The van der Waals surface area contributed by atoms with Crippen molar-refractivity contribution in [2.45, 2.75) is 32.6 Å². The SMILES string of the molecule is CNC(Cc1nc(C)c(C)s1)C(OC)OC. The minimum Gasteiger partial charge on any atom is -0.354 e. The average Bonchev–Trinajstić information content (AvgIpc) is 2.58. The summed E-state index contributed by atoms with van der Waals surface area (Å²) in [4.78, 5) is 5.79. The summed E-state index contributed by atoms with van der Waals surface area (Å²) in [6.45, 7) is 4.13. The van der Waals surface area contributed by atoms with Gasteiger partial charge in [-0.3, -0.25) is 0 Å². The van der Waals surface area contributed by atoms with E-state index in [1.165, 1.54) is 4.88 Å². The maximum Gasteiger partial charge on any atom is 0.172 e. The Morgan fingerprint density at radius 3 is 2.31 bits per heavy atom. The number of hydrogen-bond donors (Lipinski definition) is 1. The molecule has 1 aromatic rings. The Balaban J connectivity index is 2.69. The second-order valence-corrected chi connectivity index (χ2v) is 4.98. The molecule has 5 heteroatoms. The highest BCUT2D eigenvalue weighted by atomic mass is 32.1. The van der Waals surface area contributed by atoms with Gasteiger partial charge in [0.2, 0.25) is 0 Å². The van der Waals surface area contributed by atoms with Gasteiger partial charge < -0.3 is 14.8 Å². The summed E-state index contributed by atoms with van der Waals surface area (Å²) in [6, 6.07) is 0.125. The molecular formula is C11H20N2O2S. The molecule has 0 aliphatic rings. The maximum absolute atomic E-state index is 5.25. The topological polar surface area (TPSA) is 43.4 Å². The van der Waals surface area contributed by atoms with Crippen LogP contribution in [0.25, 0.3) is 0 Å². The Morgan fingerprint density at radius 2 is 1.94 bits per heavy atom. The van der Waals surface area contributed by atoms with Crippen LogP contribution in [0.3, 0.4) is 0 Å². The van der Waals surface area contributed by atoms with Crippen LogP contribution in [0.4, 0.5) is 0 Å². The molecule has 0 bridgehead atoms. The van der Waals surface area contributed by atoms with Crippen LogP contribution in [0, 0.1) is 13.8 Å². The van der Waals surface area contributed by atoms with E-state index in [1.54, 1.807) is 25.6 Å². The fraction of sp³-hybridized carbons (Fsp3) is 0.727. The highest BCUT2D eigenvalue weighted by Gasteiger charge is 2.21. The van der Waals surface area contributed by atoms with Crippen LogP contribution < -0.4 is 5.32 Å². The van der Waals surface area contributed by atoms with Crippen LogP contribution in [0.5, 0.6) is 0 Å². The number of hydrogen-bond acceptors (Lipinski definition) is 5. The van der Waals surface area contributed by atoms with Crippen molar-refractivity contribution in [3.05, 3.63) is 15.6 Å². The predicted molar refractivity (Wildman–Crippen MR) is 65.9 cm³/mol. The van der Waals surface area contributed by atoms with E-state index in [2.05, 4.69) is 17.2 Å². The van der Waals surface area contributed by atoms with Crippen LogP contribution in [0.15, 0.2) is 0 Å². The molecule has 0 radical (unpaired) electrons. The number of nitrogens with zero attached hydrogens (tertiary/aromatic N) is 1. The van der Waals surface area contributed by atoms with Gasteiger partial charge in [-0.15, -0.1) is 11.3 Å². The van der Waals surface area contributed by atoms with Crippen LogP contribution in [-0.4, -0.2) is 38.6 Å². The van der Waals surface area contributed by atoms with Crippen molar-refractivity contribution in [2.24, 2.45) is 0 Å². The molecule has 0 aliphatic heterocycles. The molecule has 1 heterocycles. The maximum atomic E-state index is 5.25. The number of thiazole rings is 1. The number of aryl methyl sites for hydroxylation is 2. The fourth-order valence-electron chi connectivity index (χ4n) is 1.57. The zero-order valence-electron chi connectivity index (χ0n) is 10.5. The number of likely N-dealkylation sites (N-methyl/N-ethyl adjacent to an activating group) is 1.